The van der Waals surface area contributed by atoms with Crippen molar-refractivity contribution in [3.05, 3.63) is 11.6 Å². The van der Waals surface area contributed by atoms with Gasteiger partial charge in [-0.15, -0.1) is 0 Å². The van der Waals surface area contributed by atoms with Gasteiger partial charge in [-0.3, -0.25) is 4.79 Å². The number of halogens is 2. The summed E-state index contributed by atoms with van der Waals surface area (Å²) < 4.78 is -1.13. The van der Waals surface area contributed by atoms with Crippen molar-refractivity contribution in [1.29, 1.82) is 0 Å². The van der Waals surface area contributed by atoms with E-state index in [2.05, 4.69) is 6.08 Å². The second-order valence-corrected chi connectivity index (χ2v) is 6.96. The third-order valence-corrected chi connectivity index (χ3v) is 5.06. The lowest BCUT2D eigenvalue weighted by atomic mass is 9.73. The lowest BCUT2D eigenvalue weighted by Crippen LogP contribution is -2.50. The van der Waals surface area contributed by atoms with Crippen molar-refractivity contribution < 1.29 is 4.79 Å². The molecule has 1 unspecified atom stereocenters. The standard InChI is InChI=1S/C15H22Cl2O/c16-15(17)13-11-9-7-5-3-1-2-4-6-8-10-12(13)14(15)18/h10,13H,1-9,11H2/b12-10+. The highest BCUT2D eigenvalue weighted by molar-refractivity contribution is 6.63. The molecule has 1 fully saturated rings. The Hall–Kier alpha value is -0.0100. The van der Waals surface area contributed by atoms with E-state index in [4.69, 9.17) is 23.2 Å². The minimum absolute atomic E-state index is 0.0503. The first-order chi connectivity index (χ1) is 8.64. The highest BCUT2D eigenvalue weighted by Gasteiger charge is 2.55. The summed E-state index contributed by atoms with van der Waals surface area (Å²) in [6.07, 6.45) is 14.2. The zero-order valence-electron chi connectivity index (χ0n) is 10.9. The van der Waals surface area contributed by atoms with E-state index in [0.717, 1.165) is 24.8 Å². The summed E-state index contributed by atoms with van der Waals surface area (Å²) in [7, 11) is 0. The number of fused-ring (bicyclic) bond motifs is 1. The lowest BCUT2D eigenvalue weighted by Gasteiger charge is -2.41. The fourth-order valence-electron chi connectivity index (χ4n) is 3.01. The third kappa shape index (κ3) is 3.11. The van der Waals surface area contributed by atoms with Crippen molar-refractivity contribution in [2.75, 3.05) is 0 Å². The van der Waals surface area contributed by atoms with E-state index < -0.39 is 4.33 Å². The third-order valence-electron chi connectivity index (χ3n) is 4.19. The Kier molecular flexibility index (Phi) is 5.14. The van der Waals surface area contributed by atoms with Crippen LogP contribution in [0.4, 0.5) is 0 Å². The van der Waals surface area contributed by atoms with Crippen LogP contribution in [-0.4, -0.2) is 10.1 Å². The number of carbonyl (C=O) groups excluding carboxylic acids is 1. The fourth-order valence-corrected chi connectivity index (χ4v) is 3.68. The van der Waals surface area contributed by atoms with Gasteiger partial charge in [0, 0.05) is 11.5 Å². The van der Waals surface area contributed by atoms with Gasteiger partial charge in [0.1, 0.15) is 0 Å². The van der Waals surface area contributed by atoms with E-state index in [1.807, 2.05) is 0 Å². The average Bonchev–Trinajstić information content (AvgIpc) is 2.37. The van der Waals surface area contributed by atoms with E-state index in [9.17, 15) is 4.79 Å². The van der Waals surface area contributed by atoms with Gasteiger partial charge in [-0.1, -0.05) is 74.2 Å². The van der Waals surface area contributed by atoms with Crippen LogP contribution < -0.4 is 0 Å². The Morgan fingerprint density at radius 2 is 1.50 bits per heavy atom. The second kappa shape index (κ2) is 6.43. The number of Topliss-reactive ketones (excluding diaryl/α,β-unsaturated/α-hetero) is 1. The van der Waals surface area contributed by atoms with Crippen LogP contribution in [0, 0.1) is 5.92 Å². The summed E-state index contributed by atoms with van der Waals surface area (Å²) in [5, 5.41) is 0. The number of allylic oxidation sites excluding steroid dienone is 2. The van der Waals surface area contributed by atoms with Crippen molar-refractivity contribution in [3.63, 3.8) is 0 Å². The monoisotopic (exact) mass is 288 g/mol. The molecule has 0 spiro atoms. The van der Waals surface area contributed by atoms with E-state index >= 15 is 0 Å². The van der Waals surface area contributed by atoms with E-state index in [1.54, 1.807) is 0 Å². The van der Waals surface area contributed by atoms with E-state index in [0.29, 0.717) is 0 Å². The molecule has 0 saturated heterocycles. The van der Waals surface area contributed by atoms with Crippen molar-refractivity contribution in [3.8, 4) is 0 Å². The molecule has 0 heterocycles. The molecule has 3 heteroatoms. The predicted molar refractivity (Wildman–Crippen MR) is 77.2 cm³/mol. The second-order valence-electron chi connectivity index (χ2n) is 5.57. The molecule has 0 aromatic heterocycles. The highest BCUT2D eigenvalue weighted by Crippen LogP contribution is 2.51. The molecule has 18 heavy (non-hydrogen) atoms. The molecule has 0 amide bonds. The molecule has 0 aromatic carbocycles. The van der Waals surface area contributed by atoms with Crippen LogP contribution in [0.1, 0.15) is 64.2 Å². The first-order valence-electron chi connectivity index (χ1n) is 7.26. The minimum atomic E-state index is -1.13. The maximum atomic E-state index is 11.9. The van der Waals surface area contributed by atoms with Gasteiger partial charge in [0.25, 0.3) is 0 Å². The maximum Gasteiger partial charge on any atom is 0.195 e. The number of carbonyl (C=O) groups is 1. The molecular weight excluding hydrogens is 267 g/mol. The van der Waals surface area contributed by atoms with Crippen LogP contribution >= 0.6 is 23.2 Å². The molecule has 0 aliphatic heterocycles. The van der Waals surface area contributed by atoms with Gasteiger partial charge in [-0.2, -0.15) is 0 Å². The number of alkyl halides is 2. The summed E-state index contributed by atoms with van der Waals surface area (Å²) >= 11 is 12.3. The smallest absolute Gasteiger partial charge is 0.195 e. The molecule has 1 atom stereocenters. The Labute approximate surface area is 120 Å². The van der Waals surface area contributed by atoms with Gasteiger partial charge in [0.15, 0.2) is 10.1 Å². The first kappa shape index (κ1) is 14.4. The summed E-state index contributed by atoms with van der Waals surface area (Å²) in [6, 6.07) is 0. The number of hydrogen-bond acceptors (Lipinski definition) is 1. The van der Waals surface area contributed by atoms with Gasteiger partial charge in [-0.25, -0.2) is 0 Å². The van der Waals surface area contributed by atoms with E-state index in [-0.39, 0.29) is 11.7 Å². The van der Waals surface area contributed by atoms with Crippen molar-refractivity contribution in [1.82, 2.24) is 0 Å². The predicted octanol–water partition coefficient (Wildman–Crippen LogP) is 5.20. The molecule has 2 aliphatic rings. The van der Waals surface area contributed by atoms with Crippen LogP contribution in [0.25, 0.3) is 0 Å². The molecule has 2 rings (SSSR count). The summed E-state index contributed by atoms with van der Waals surface area (Å²) in [5.74, 6) is 0.0276. The SMILES string of the molecule is O=C1/C2=C/CCCCCCCCCCC2C1(Cl)Cl. The maximum absolute atomic E-state index is 11.9. The van der Waals surface area contributed by atoms with Crippen LogP contribution in [0.15, 0.2) is 11.6 Å². The molecule has 1 nitrogen and oxygen atoms in total. The van der Waals surface area contributed by atoms with Crippen LogP contribution in [0.3, 0.4) is 0 Å². The summed E-state index contributed by atoms with van der Waals surface area (Å²) in [5.41, 5.74) is 0.902. The first-order valence-corrected chi connectivity index (χ1v) is 8.02. The van der Waals surface area contributed by atoms with Crippen molar-refractivity contribution in [2.45, 2.75) is 68.5 Å². The molecular formula is C15H22Cl2O. The van der Waals surface area contributed by atoms with Crippen LogP contribution in [0.2, 0.25) is 0 Å². The number of ketones is 1. The lowest BCUT2D eigenvalue weighted by molar-refractivity contribution is -0.121. The Balaban J connectivity index is 1.99. The Morgan fingerprint density at radius 3 is 2.17 bits per heavy atom. The minimum Gasteiger partial charge on any atom is -0.291 e. The molecule has 1 saturated carbocycles. The largest absolute Gasteiger partial charge is 0.291 e. The molecule has 0 bridgehead atoms. The summed E-state index contributed by atoms with van der Waals surface area (Å²) in [6.45, 7) is 0. The molecule has 0 aromatic rings. The average molecular weight is 289 g/mol. The Morgan fingerprint density at radius 1 is 0.944 bits per heavy atom. The van der Waals surface area contributed by atoms with E-state index in [1.165, 1.54) is 44.9 Å². The molecule has 2 aliphatic carbocycles. The van der Waals surface area contributed by atoms with Crippen molar-refractivity contribution in [2.24, 2.45) is 5.92 Å². The zero-order valence-corrected chi connectivity index (χ0v) is 12.4. The normalized spacial score (nSPS) is 32.9. The van der Waals surface area contributed by atoms with Gasteiger partial charge in [0.05, 0.1) is 0 Å². The number of rotatable bonds is 0. The number of hydrogen-bond donors (Lipinski definition) is 0. The van der Waals surface area contributed by atoms with Gasteiger partial charge in [0.2, 0.25) is 0 Å². The fraction of sp³-hybridized carbons (Fsp3) is 0.800. The van der Waals surface area contributed by atoms with Gasteiger partial charge in [-0.05, 0) is 19.3 Å². The molecule has 102 valence electrons. The molecule has 0 N–H and O–H groups in total. The molecule has 0 radical (unpaired) electrons. The highest BCUT2D eigenvalue weighted by atomic mass is 35.5. The summed E-state index contributed by atoms with van der Waals surface area (Å²) in [4.78, 5) is 11.9. The quantitative estimate of drug-likeness (QED) is 0.560. The van der Waals surface area contributed by atoms with Gasteiger partial charge < -0.3 is 0 Å². The van der Waals surface area contributed by atoms with Gasteiger partial charge >= 0.3 is 0 Å². The topological polar surface area (TPSA) is 17.1 Å². The Bertz CT molecular complexity index is 333. The zero-order chi connectivity index (χ0) is 13.0. The van der Waals surface area contributed by atoms with Crippen LogP contribution in [0.5, 0.6) is 0 Å². The van der Waals surface area contributed by atoms with Crippen molar-refractivity contribution >= 4 is 29.0 Å². The van der Waals surface area contributed by atoms with Crippen LogP contribution in [-0.2, 0) is 4.79 Å².